The third-order valence-electron chi connectivity index (χ3n) is 4.56. The number of amides is 2. The van der Waals surface area contributed by atoms with Crippen LogP contribution >= 0.6 is 12.4 Å². The molecule has 2 aliphatic rings. The van der Waals surface area contributed by atoms with Crippen LogP contribution in [0.2, 0.25) is 0 Å². The van der Waals surface area contributed by atoms with Crippen molar-refractivity contribution in [3.8, 4) is 0 Å². The largest absolute Gasteiger partial charge is 0.353 e. The molecule has 1 aliphatic heterocycles. The van der Waals surface area contributed by atoms with Crippen LogP contribution in [-0.2, 0) is 9.59 Å². The number of nitrogens with two attached hydrogens (primary N) is 1. The number of nitrogens with one attached hydrogen (secondary N) is 1. The van der Waals surface area contributed by atoms with Crippen molar-refractivity contribution >= 4 is 24.2 Å². The highest BCUT2D eigenvalue weighted by molar-refractivity contribution is 5.85. The Bertz CT molecular complexity index is 359. The predicted octanol–water partition coefficient (Wildman–Crippen LogP) is 1.44. The van der Waals surface area contributed by atoms with E-state index in [-0.39, 0.29) is 42.2 Å². The first-order chi connectivity index (χ1) is 9.61. The Morgan fingerprint density at radius 3 is 2.52 bits per heavy atom. The van der Waals surface area contributed by atoms with E-state index in [9.17, 15) is 9.59 Å². The zero-order valence-corrected chi connectivity index (χ0v) is 13.7. The van der Waals surface area contributed by atoms with Crippen LogP contribution in [0.3, 0.4) is 0 Å². The van der Waals surface area contributed by atoms with Gasteiger partial charge < -0.3 is 16.0 Å². The smallest absolute Gasteiger partial charge is 0.224 e. The summed E-state index contributed by atoms with van der Waals surface area (Å²) in [5.41, 5.74) is 5.69. The predicted molar refractivity (Wildman–Crippen MR) is 85.2 cm³/mol. The normalized spacial score (nSPS) is 23.7. The maximum atomic E-state index is 12.2. The lowest BCUT2D eigenvalue weighted by molar-refractivity contribution is -0.132. The zero-order chi connectivity index (χ0) is 14.5. The van der Waals surface area contributed by atoms with Gasteiger partial charge in [-0.3, -0.25) is 9.59 Å². The number of carbonyl (C=O) groups excluding carboxylic acids is 2. The van der Waals surface area contributed by atoms with Crippen LogP contribution in [-0.4, -0.2) is 41.9 Å². The van der Waals surface area contributed by atoms with E-state index in [1.165, 1.54) is 0 Å². The Balaban J connectivity index is 0.00000220. The van der Waals surface area contributed by atoms with E-state index in [4.69, 9.17) is 5.73 Å². The molecule has 1 aliphatic carbocycles. The van der Waals surface area contributed by atoms with Crippen LogP contribution in [0.5, 0.6) is 0 Å². The van der Waals surface area contributed by atoms with Gasteiger partial charge in [0.05, 0.1) is 0 Å². The van der Waals surface area contributed by atoms with Gasteiger partial charge in [-0.25, -0.2) is 0 Å². The van der Waals surface area contributed by atoms with Crippen molar-refractivity contribution in [3.05, 3.63) is 0 Å². The molecule has 0 aromatic carbocycles. The number of likely N-dealkylation sites (tertiary alicyclic amines) is 1. The topological polar surface area (TPSA) is 75.4 Å². The molecule has 1 saturated heterocycles. The lowest BCUT2D eigenvalue weighted by atomic mass is 10.1. The first-order valence-corrected chi connectivity index (χ1v) is 7.91. The number of hydrogen-bond donors (Lipinski definition) is 2. The molecular formula is C15H28ClN3O2. The van der Waals surface area contributed by atoms with Gasteiger partial charge in [-0.2, -0.15) is 0 Å². The lowest BCUT2D eigenvalue weighted by Crippen LogP contribution is -2.44. The van der Waals surface area contributed by atoms with E-state index < -0.39 is 0 Å². The quantitative estimate of drug-likeness (QED) is 0.805. The van der Waals surface area contributed by atoms with Gasteiger partial charge in [0.1, 0.15) is 0 Å². The monoisotopic (exact) mass is 317 g/mol. The summed E-state index contributed by atoms with van der Waals surface area (Å²) < 4.78 is 0. The summed E-state index contributed by atoms with van der Waals surface area (Å²) in [6.45, 7) is 3.26. The molecule has 0 bridgehead atoms. The highest BCUT2D eigenvalue weighted by atomic mass is 35.5. The summed E-state index contributed by atoms with van der Waals surface area (Å²) in [4.78, 5) is 26.2. The van der Waals surface area contributed by atoms with Gasteiger partial charge in [0.15, 0.2) is 0 Å². The minimum absolute atomic E-state index is 0. The molecule has 2 atom stereocenters. The van der Waals surface area contributed by atoms with Crippen LogP contribution in [0.15, 0.2) is 0 Å². The fourth-order valence-electron chi connectivity index (χ4n) is 3.39. The van der Waals surface area contributed by atoms with Crippen molar-refractivity contribution < 1.29 is 9.59 Å². The molecule has 0 spiro atoms. The number of nitrogens with zero attached hydrogens (tertiary/aromatic N) is 1. The molecule has 21 heavy (non-hydrogen) atoms. The molecule has 2 amide bonds. The van der Waals surface area contributed by atoms with E-state index in [0.717, 1.165) is 45.1 Å². The van der Waals surface area contributed by atoms with E-state index in [2.05, 4.69) is 5.32 Å². The second-order valence-electron chi connectivity index (χ2n) is 6.21. The van der Waals surface area contributed by atoms with Gasteiger partial charge in [-0.05, 0) is 32.6 Å². The first kappa shape index (κ1) is 18.2. The molecular weight excluding hydrogens is 290 g/mol. The molecule has 122 valence electrons. The van der Waals surface area contributed by atoms with E-state index in [1.807, 2.05) is 11.8 Å². The second kappa shape index (κ2) is 8.59. The molecule has 1 heterocycles. The number of rotatable bonds is 5. The SMILES string of the molecule is CC(CC(=O)N1CCCC1CN)NC(=O)C1CCCC1.Cl. The summed E-state index contributed by atoms with van der Waals surface area (Å²) in [6, 6.07) is 0.106. The third-order valence-corrected chi connectivity index (χ3v) is 4.56. The van der Waals surface area contributed by atoms with E-state index in [0.29, 0.717) is 13.0 Å². The minimum Gasteiger partial charge on any atom is -0.353 e. The molecule has 3 N–H and O–H groups in total. The van der Waals surface area contributed by atoms with E-state index >= 15 is 0 Å². The van der Waals surface area contributed by atoms with Gasteiger partial charge in [0, 0.05) is 37.5 Å². The Morgan fingerprint density at radius 2 is 1.90 bits per heavy atom. The number of hydrogen-bond acceptors (Lipinski definition) is 3. The minimum atomic E-state index is -0.0883. The van der Waals surface area contributed by atoms with Gasteiger partial charge in [0.25, 0.3) is 0 Å². The molecule has 2 fully saturated rings. The van der Waals surface area contributed by atoms with Gasteiger partial charge >= 0.3 is 0 Å². The Kier molecular flexibility index (Phi) is 7.46. The third kappa shape index (κ3) is 4.85. The number of carbonyl (C=O) groups is 2. The van der Waals surface area contributed by atoms with Crippen molar-refractivity contribution in [2.45, 2.75) is 64.0 Å². The van der Waals surface area contributed by atoms with Gasteiger partial charge in [0.2, 0.25) is 11.8 Å². The van der Waals surface area contributed by atoms with Crippen molar-refractivity contribution in [2.24, 2.45) is 11.7 Å². The highest BCUT2D eigenvalue weighted by Crippen LogP contribution is 2.25. The molecule has 2 unspecified atom stereocenters. The molecule has 5 nitrogen and oxygen atoms in total. The van der Waals surface area contributed by atoms with Gasteiger partial charge in [-0.1, -0.05) is 12.8 Å². The Hall–Kier alpha value is -0.810. The van der Waals surface area contributed by atoms with Crippen LogP contribution in [0.25, 0.3) is 0 Å². The Morgan fingerprint density at radius 1 is 1.24 bits per heavy atom. The highest BCUT2D eigenvalue weighted by Gasteiger charge is 2.29. The summed E-state index contributed by atoms with van der Waals surface area (Å²) in [7, 11) is 0. The lowest BCUT2D eigenvalue weighted by Gasteiger charge is -2.25. The molecule has 6 heteroatoms. The summed E-state index contributed by atoms with van der Waals surface area (Å²) in [5.74, 6) is 0.410. The average Bonchev–Trinajstić information content (AvgIpc) is 3.09. The van der Waals surface area contributed by atoms with Crippen molar-refractivity contribution in [1.82, 2.24) is 10.2 Å². The molecule has 2 rings (SSSR count). The summed E-state index contributed by atoms with van der Waals surface area (Å²) in [5, 5.41) is 2.99. The van der Waals surface area contributed by atoms with Crippen LogP contribution in [0.1, 0.15) is 51.9 Å². The number of halogens is 1. The van der Waals surface area contributed by atoms with E-state index in [1.54, 1.807) is 0 Å². The van der Waals surface area contributed by atoms with Gasteiger partial charge in [-0.15, -0.1) is 12.4 Å². The Labute approximate surface area is 133 Å². The molecule has 1 saturated carbocycles. The molecule has 0 radical (unpaired) electrons. The maximum absolute atomic E-state index is 12.2. The van der Waals surface area contributed by atoms with Crippen LogP contribution < -0.4 is 11.1 Å². The summed E-state index contributed by atoms with van der Waals surface area (Å²) >= 11 is 0. The van der Waals surface area contributed by atoms with Crippen molar-refractivity contribution in [1.29, 1.82) is 0 Å². The second-order valence-corrected chi connectivity index (χ2v) is 6.21. The maximum Gasteiger partial charge on any atom is 0.224 e. The van der Waals surface area contributed by atoms with Crippen molar-refractivity contribution in [3.63, 3.8) is 0 Å². The first-order valence-electron chi connectivity index (χ1n) is 7.91. The fraction of sp³-hybridized carbons (Fsp3) is 0.867. The zero-order valence-electron chi connectivity index (χ0n) is 12.8. The van der Waals surface area contributed by atoms with Crippen LogP contribution in [0.4, 0.5) is 0 Å². The van der Waals surface area contributed by atoms with Crippen molar-refractivity contribution in [2.75, 3.05) is 13.1 Å². The summed E-state index contributed by atoms with van der Waals surface area (Å²) in [6.07, 6.45) is 6.72. The fourth-order valence-corrected chi connectivity index (χ4v) is 3.39. The standard InChI is InChI=1S/C15H27N3O2.ClH/c1-11(17-15(20)12-5-2-3-6-12)9-14(19)18-8-4-7-13(18)10-16;/h11-13H,2-10,16H2,1H3,(H,17,20);1H. The molecule has 0 aromatic heterocycles. The van der Waals surface area contributed by atoms with Crippen LogP contribution in [0, 0.1) is 5.92 Å². The molecule has 0 aromatic rings. The average molecular weight is 318 g/mol.